The van der Waals surface area contributed by atoms with Gasteiger partial charge in [-0.1, -0.05) is 6.92 Å². The van der Waals surface area contributed by atoms with E-state index in [9.17, 15) is 9.90 Å². The van der Waals surface area contributed by atoms with Gasteiger partial charge in [-0.2, -0.15) is 0 Å². The lowest BCUT2D eigenvalue weighted by Gasteiger charge is -2.28. The molecule has 2 N–H and O–H groups in total. The highest BCUT2D eigenvalue weighted by Crippen LogP contribution is 2.35. The molecule has 0 unspecified atom stereocenters. The van der Waals surface area contributed by atoms with Crippen LogP contribution in [0.15, 0.2) is 30.6 Å². The summed E-state index contributed by atoms with van der Waals surface area (Å²) in [5.41, 5.74) is 2.21. The Balaban J connectivity index is 1.47. The number of hydrogen-bond acceptors (Lipinski definition) is 12. The Hall–Kier alpha value is -3.94. The molecule has 39 heavy (non-hydrogen) atoms. The van der Waals surface area contributed by atoms with E-state index in [0.717, 1.165) is 39.6 Å². The molecule has 0 spiro atoms. The molecule has 1 saturated heterocycles. The molecule has 1 fully saturated rings. The summed E-state index contributed by atoms with van der Waals surface area (Å²) >= 11 is 1.62. The van der Waals surface area contributed by atoms with Gasteiger partial charge < -0.3 is 29.5 Å². The predicted octanol–water partition coefficient (Wildman–Crippen LogP) is 2.65. The second kappa shape index (κ2) is 11.8. The van der Waals surface area contributed by atoms with E-state index in [1.807, 2.05) is 31.0 Å². The lowest BCUT2D eigenvalue weighted by molar-refractivity contribution is 0.0694. The van der Waals surface area contributed by atoms with Gasteiger partial charge in [-0.05, 0) is 18.6 Å². The van der Waals surface area contributed by atoms with E-state index in [0.29, 0.717) is 49.5 Å². The van der Waals surface area contributed by atoms with Crippen molar-refractivity contribution in [1.29, 1.82) is 0 Å². The molecule has 12 nitrogen and oxygen atoms in total. The van der Waals surface area contributed by atoms with Gasteiger partial charge in [0, 0.05) is 49.0 Å². The molecule has 5 rings (SSSR count). The van der Waals surface area contributed by atoms with E-state index in [2.05, 4.69) is 19.9 Å². The molecule has 0 atom stereocenters. The van der Waals surface area contributed by atoms with Gasteiger partial charge in [0.15, 0.2) is 11.6 Å². The fraction of sp³-hybridized carbons (Fsp3) is 0.385. The largest absolute Gasteiger partial charge is 0.478 e. The third-order valence-corrected chi connectivity index (χ3v) is 7.31. The van der Waals surface area contributed by atoms with E-state index < -0.39 is 5.97 Å². The minimum atomic E-state index is -1.03. The van der Waals surface area contributed by atoms with Crippen LogP contribution in [0.3, 0.4) is 0 Å². The number of rotatable bonds is 10. The van der Waals surface area contributed by atoms with Gasteiger partial charge in [0.25, 0.3) is 0 Å². The molecule has 1 aliphatic heterocycles. The molecule has 0 radical (unpaired) electrons. The minimum Gasteiger partial charge on any atom is -0.478 e. The Labute approximate surface area is 228 Å². The van der Waals surface area contributed by atoms with E-state index in [1.165, 1.54) is 6.20 Å². The molecule has 0 bridgehead atoms. The number of morpholine rings is 1. The maximum absolute atomic E-state index is 11.5. The molecule has 0 aromatic carbocycles. The number of aryl methyl sites for hydroxylation is 1. The Morgan fingerprint density at radius 3 is 2.69 bits per heavy atom. The Kier molecular flexibility index (Phi) is 8.10. The van der Waals surface area contributed by atoms with E-state index in [-0.39, 0.29) is 18.8 Å². The smallest absolute Gasteiger partial charge is 0.339 e. The van der Waals surface area contributed by atoms with Crippen molar-refractivity contribution >= 4 is 39.3 Å². The van der Waals surface area contributed by atoms with E-state index in [4.69, 9.17) is 24.5 Å². The van der Waals surface area contributed by atoms with Gasteiger partial charge in [-0.15, -0.1) is 11.3 Å². The van der Waals surface area contributed by atoms with Crippen molar-refractivity contribution in [3.63, 3.8) is 0 Å². The highest BCUT2D eigenvalue weighted by molar-refractivity contribution is 7.19. The average Bonchev–Trinajstić information content (AvgIpc) is 3.38. The standard InChI is InChI=1S/C26H29N7O5S/c1-3-19-18(25(35)36)14-28-26(30-19)32(2)15-17-12-20-22(39-17)24(33-6-9-37-10-7-33)31-23(29-20)16-4-5-21(27-13-16)38-11-8-34/h4-5,12-14,34H,3,6-11,15H2,1-2H3,(H,35,36). The molecule has 0 amide bonds. The highest BCUT2D eigenvalue weighted by Gasteiger charge is 2.21. The molecular weight excluding hydrogens is 522 g/mol. The van der Waals surface area contributed by atoms with Crippen LogP contribution < -0.4 is 14.5 Å². The molecular formula is C26H29N7O5S. The number of carboxylic acids is 1. The van der Waals surface area contributed by atoms with Crippen LogP contribution in [0.1, 0.15) is 27.9 Å². The van der Waals surface area contributed by atoms with Crippen molar-refractivity contribution in [3.05, 3.63) is 46.7 Å². The topological polar surface area (TPSA) is 147 Å². The minimum absolute atomic E-state index is 0.0820. The van der Waals surface area contributed by atoms with Crippen molar-refractivity contribution in [2.24, 2.45) is 0 Å². The molecule has 4 aromatic rings. The number of thiophene rings is 1. The number of carboxylic acid groups (broad SMARTS) is 1. The molecule has 0 saturated carbocycles. The number of nitrogens with zero attached hydrogens (tertiary/aromatic N) is 7. The molecule has 5 heterocycles. The summed E-state index contributed by atoms with van der Waals surface area (Å²) in [5.74, 6) is 1.27. The van der Waals surface area contributed by atoms with Gasteiger partial charge in [-0.25, -0.2) is 29.7 Å². The zero-order chi connectivity index (χ0) is 27.4. The van der Waals surface area contributed by atoms with Crippen molar-refractivity contribution in [1.82, 2.24) is 24.9 Å². The molecule has 13 heteroatoms. The van der Waals surface area contributed by atoms with Crippen LogP contribution in [-0.2, 0) is 17.7 Å². The lowest BCUT2D eigenvalue weighted by Crippen LogP contribution is -2.36. The van der Waals surface area contributed by atoms with Crippen LogP contribution in [-0.4, -0.2) is 87.7 Å². The third-order valence-electron chi connectivity index (χ3n) is 6.21. The maximum Gasteiger partial charge on any atom is 0.339 e. The SMILES string of the molecule is CCc1nc(N(C)Cc2cc3nc(-c4ccc(OCCO)nc4)nc(N4CCOCC4)c3s2)ncc1C(=O)O. The number of carbonyl (C=O) groups is 1. The number of pyridine rings is 1. The van der Waals surface area contributed by atoms with Crippen molar-refractivity contribution in [3.8, 4) is 17.3 Å². The number of aliphatic hydroxyl groups excluding tert-OH is 1. The average molecular weight is 552 g/mol. The maximum atomic E-state index is 11.5. The third kappa shape index (κ3) is 5.90. The highest BCUT2D eigenvalue weighted by atomic mass is 32.1. The van der Waals surface area contributed by atoms with Crippen LogP contribution in [0, 0.1) is 0 Å². The summed E-state index contributed by atoms with van der Waals surface area (Å²) < 4.78 is 11.9. The first-order chi connectivity index (χ1) is 19.0. The molecule has 1 aliphatic rings. The Bertz CT molecular complexity index is 1460. The summed E-state index contributed by atoms with van der Waals surface area (Å²) in [6.45, 7) is 5.21. The Morgan fingerprint density at radius 2 is 2.00 bits per heavy atom. The zero-order valence-corrected chi connectivity index (χ0v) is 22.5. The normalized spacial score (nSPS) is 13.6. The first kappa shape index (κ1) is 26.7. The van der Waals surface area contributed by atoms with Crippen LogP contribution in [0.25, 0.3) is 21.6 Å². The van der Waals surface area contributed by atoms with Crippen LogP contribution in [0.2, 0.25) is 0 Å². The lowest BCUT2D eigenvalue weighted by atomic mass is 10.2. The Morgan fingerprint density at radius 1 is 1.18 bits per heavy atom. The number of anilines is 2. The zero-order valence-electron chi connectivity index (χ0n) is 21.7. The monoisotopic (exact) mass is 551 g/mol. The van der Waals surface area contributed by atoms with Crippen LogP contribution >= 0.6 is 11.3 Å². The summed E-state index contributed by atoms with van der Waals surface area (Å²) in [7, 11) is 1.88. The van der Waals surface area contributed by atoms with Crippen molar-refractivity contribution in [2.75, 3.05) is 56.4 Å². The molecule has 204 valence electrons. The second-order valence-corrected chi connectivity index (χ2v) is 10.0. The number of fused-ring (bicyclic) bond motifs is 1. The number of hydrogen-bond donors (Lipinski definition) is 2. The van der Waals surface area contributed by atoms with Crippen LogP contribution in [0.5, 0.6) is 5.88 Å². The summed E-state index contributed by atoms with van der Waals surface area (Å²) in [5, 5.41) is 18.4. The van der Waals surface area contributed by atoms with Gasteiger partial charge in [0.1, 0.15) is 6.61 Å². The second-order valence-electron chi connectivity index (χ2n) is 8.90. The van der Waals surface area contributed by atoms with Gasteiger partial charge >= 0.3 is 5.97 Å². The van der Waals surface area contributed by atoms with Crippen molar-refractivity contribution < 1.29 is 24.5 Å². The van der Waals surface area contributed by atoms with E-state index >= 15 is 0 Å². The van der Waals surface area contributed by atoms with Gasteiger partial charge in [-0.3, -0.25) is 0 Å². The number of aromatic nitrogens is 5. The number of aliphatic hydroxyl groups is 1. The summed E-state index contributed by atoms with van der Waals surface area (Å²) in [6.07, 6.45) is 3.54. The summed E-state index contributed by atoms with van der Waals surface area (Å²) in [6, 6.07) is 5.64. The number of ether oxygens (including phenoxy) is 2. The van der Waals surface area contributed by atoms with Crippen molar-refractivity contribution in [2.45, 2.75) is 19.9 Å². The fourth-order valence-corrected chi connectivity index (χ4v) is 5.42. The van der Waals surface area contributed by atoms with Crippen LogP contribution in [0.4, 0.5) is 11.8 Å². The summed E-state index contributed by atoms with van der Waals surface area (Å²) in [4.78, 5) is 39.5. The quantitative estimate of drug-likeness (QED) is 0.299. The number of aromatic carboxylic acids is 1. The fourth-order valence-electron chi connectivity index (χ4n) is 4.25. The first-order valence-corrected chi connectivity index (χ1v) is 13.4. The van der Waals surface area contributed by atoms with Gasteiger partial charge in [0.2, 0.25) is 11.8 Å². The van der Waals surface area contributed by atoms with E-state index in [1.54, 1.807) is 23.6 Å². The first-order valence-electron chi connectivity index (χ1n) is 12.6. The predicted molar refractivity (Wildman–Crippen MR) is 147 cm³/mol. The van der Waals surface area contributed by atoms with Gasteiger partial charge in [0.05, 0.1) is 47.8 Å². The molecule has 0 aliphatic carbocycles. The molecule has 4 aromatic heterocycles.